The number of rotatable bonds is 4. The summed E-state index contributed by atoms with van der Waals surface area (Å²) in [5, 5.41) is 22.3. The molecule has 8 nitrogen and oxygen atoms in total. The van der Waals surface area contributed by atoms with Crippen molar-refractivity contribution in [1.29, 1.82) is 0 Å². The van der Waals surface area contributed by atoms with Crippen LogP contribution in [0.15, 0.2) is 48.5 Å². The lowest BCUT2D eigenvalue weighted by Crippen LogP contribution is -2.10. The molecule has 2 rings (SSSR count). The number of para-hydroxylation sites is 2. The van der Waals surface area contributed by atoms with Gasteiger partial charge >= 0.3 is 11.9 Å². The standard InChI is InChI=1S/2C9H9NO3/c2*1-6(11)10-8-5-3-2-4-7(8)9(12)13/h2*2-5H,1H3,(H,10,11)(H,12,13). The largest absolute Gasteiger partial charge is 0.478 e. The van der Waals surface area contributed by atoms with Gasteiger partial charge in [-0.3, -0.25) is 9.59 Å². The minimum atomic E-state index is -1.05. The maximum atomic E-state index is 10.7. The molecular formula is C18H18N2O6. The van der Waals surface area contributed by atoms with E-state index in [9.17, 15) is 19.2 Å². The maximum Gasteiger partial charge on any atom is 0.337 e. The van der Waals surface area contributed by atoms with E-state index in [1.165, 1.54) is 26.0 Å². The van der Waals surface area contributed by atoms with Crippen molar-refractivity contribution in [3.63, 3.8) is 0 Å². The SMILES string of the molecule is CC(=O)Nc1ccccc1C(=O)O.CC(=O)Nc1ccccc1C(=O)O. The fraction of sp³-hybridized carbons (Fsp3) is 0.111. The van der Waals surface area contributed by atoms with Gasteiger partial charge in [-0.05, 0) is 24.3 Å². The van der Waals surface area contributed by atoms with Gasteiger partial charge in [-0.2, -0.15) is 0 Å². The van der Waals surface area contributed by atoms with Crippen LogP contribution in [0.2, 0.25) is 0 Å². The molecule has 4 N–H and O–H groups in total. The number of amides is 2. The average molecular weight is 358 g/mol. The van der Waals surface area contributed by atoms with Crippen molar-refractivity contribution in [2.45, 2.75) is 13.8 Å². The average Bonchev–Trinajstić information content (AvgIpc) is 2.55. The van der Waals surface area contributed by atoms with Crippen LogP contribution in [0.4, 0.5) is 11.4 Å². The lowest BCUT2D eigenvalue weighted by molar-refractivity contribution is -0.115. The monoisotopic (exact) mass is 358 g/mol. The van der Waals surface area contributed by atoms with Gasteiger partial charge in [0.05, 0.1) is 22.5 Å². The van der Waals surface area contributed by atoms with Gasteiger partial charge in [-0.1, -0.05) is 24.3 Å². The van der Waals surface area contributed by atoms with Crippen molar-refractivity contribution in [3.05, 3.63) is 59.7 Å². The molecule has 0 saturated heterocycles. The summed E-state index contributed by atoms with van der Waals surface area (Å²) >= 11 is 0. The summed E-state index contributed by atoms with van der Waals surface area (Å²) in [7, 11) is 0. The van der Waals surface area contributed by atoms with Gasteiger partial charge in [-0.15, -0.1) is 0 Å². The first-order chi connectivity index (χ1) is 12.2. The molecule has 0 radical (unpaired) electrons. The zero-order valence-electron chi connectivity index (χ0n) is 14.1. The molecule has 0 unspecified atom stereocenters. The Morgan fingerprint density at radius 3 is 1.23 bits per heavy atom. The summed E-state index contributed by atoms with van der Waals surface area (Å²) < 4.78 is 0. The highest BCUT2D eigenvalue weighted by molar-refractivity contribution is 6.00. The van der Waals surface area contributed by atoms with E-state index in [0.29, 0.717) is 11.4 Å². The molecule has 0 aliphatic carbocycles. The Balaban J connectivity index is 0.000000260. The van der Waals surface area contributed by atoms with E-state index < -0.39 is 11.9 Å². The Labute approximate surface area is 149 Å². The number of carboxylic acid groups (broad SMARTS) is 2. The quantitative estimate of drug-likeness (QED) is 0.664. The highest BCUT2D eigenvalue weighted by atomic mass is 16.4. The molecule has 2 aromatic rings. The lowest BCUT2D eigenvalue weighted by atomic mass is 10.2. The third kappa shape index (κ3) is 6.44. The molecule has 0 saturated carbocycles. The summed E-state index contributed by atoms with van der Waals surface area (Å²) in [6, 6.07) is 12.5. The van der Waals surface area contributed by atoms with Crippen LogP contribution in [-0.4, -0.2) is 34.0 Å². The molecule has 136 valence electrons. The Bertz CT molecular complexity index is 762. The number of carbonyl (C=O) groups is 4. The first kappa shape index (κ1) is 20.4. The Morgan fingerprint density at radius 2 is 0.962 bits per heavy atom. The number of hydrogen-bond donors (Lipinski definition) is 4. The number of hydrogen-bond acceptors (Lipinski definition) is 4. The predicted octanol–water partition coefficient (Wildman–Crippen LogP) is 2.69. The van der Waals surface area contributed by atoms with Crippen molar-refractivity contribution in [1.82, 2.24) is 0 Å². The van der Waals surface area contributed by atoms with E-state index in [-0.39, 0.29) is 22.9 Å². The molecule has 0 atom stereocenters. The molecule has 0 spiro atoms. The first-order valence-corrected chi connectivity index (χ1v) is 7.42. The minimum absolute atomic E-state index is 0.0951. The Kier molecular flexibility index (Phi) is 7.50. The molecule has 0 fully saturated rings. The number of nitrogens with one attached hydrogen (secondary N) is 2. The number of aromatic carboxylic acids is 2. The van der Waals surface area contributed by atoms with Gasteiger partial charge in [0.2, 0.25) is 11.8 Å². The van der Waals surface area contributed by atoms with Crippen LogP contribution < -0.4 is 10.6 Å². The van der Waals surface area contributed by atoms with E-state index in [1.807, 2.05) is 0 Å². The summed E-state index contributed by atoms with van der Waals surface area (Å²) in [6.07, 6.45) is 0. The van der Waals surface area contributed by atoms with Crippen LogP contribution >= 0.6 is 0 Å². The van der Waals surface area contributed by atoms with Crippen molar-refractivity contribution in [2.24, 2.45) is 0 Å². The molecular weight excluding hydrogens is 340 g/mol. The maximum absolute atomic E-state index is 10.7. The molecule has 0 aromatic heterocycles. The van der Waals surface area contributed by atoms with Crippen LogP contribution in [0.1, 0.15) is 34.6 Å². The van der Waals surface area contributed by atoms with Crippen LogP contribution in [0.5, 0.6) is 0 Å². The van der Waals surface area contributed by atoms with Gasteiger partial charge < -0.3 is 20.8 Å². The highest BCUT2D eigenvalue weighted by Gasteiger charge is 2.09. The Morgan fingerprint density at radius 1 is 0.654 bits per heavy atom. The van der Waals surface area contributed by atoms with Gasteiger partial charge in [0.25, 0.3) is 0 Å². The fourth-order valence-electron chi connectivity index (χ4n) is 1.94. The summed E-state index contributed by atoms with van der Waals surface area (Å²) in [5.74, 6) is -2.67. The van der Waals surface area contributed by atoms with Crippen LogP contribution in [0.25, 0.3) is 0 Å². The number of anilines is 2. The van der Waals surface area contributed by atoms with Gasteiger partial charge in [0, 0.05) is 13.8 Å². The predicted molar refractivity (Wildman–Crippen MR) is 95.4 cm³/mol. The Hall–Kier alpha value is -3.68. The third-order valence-corrected chi connectivity index (χ3v) is 2.94. The van der Waals surface area contributed by atoms with Crippen molar-refractivity contribution in [2.75, 3.05) is 10.6 Å². The number of carboxylic acids is 2. The smallest absolute Gasteiger partial charge is 0.337 e. The second-order valence-corrected chi connectivity index (χ2v) is 5.06. The van der Waals surface area contributed by atoms with E-state index >= 15 is 0 Å². The van der Waals surface area contributed by atoms with Gasteiger partial charge in [0.1, 0.15) is 0 Å². The highest BCUT2D eigenvalue weighted by Crippen LogP contribution is 2.15. The number of carbonyl (C=O) groups excluding carboxylic acids is 2. The second kappa shape index (κ2) is 9.58. The molecule has 0 aliphatic rings. The third-order valence-electron chi connectivity index (χ3n) is 2.94. The van der Waals surface area contributed by atoms with E-state index in [4.69, 9.17) is 10.2 Å². The van der Waals surface area contributed by atoms with Crippen LogP contribution in [0, 0.1) is 0 Å². The summed E-state index contributed by atoms with van der Waals surface area (Å²) in [6.45, 7) is 2.66. The van der Waals surface area contributed by atoms with E-state index in [1.54, 1.807) is 36.4 Å². The molecule has 0 aliphatic heterocycles. The second-order valence-electron chi connectivity index (χ2n) is 5.06. The molecule has 2 amide bonds. The first-order valence-electron chi connectivity index (χ1n) is 7.42. The summed E-state index contributed by atoms with van der Waals surface area (Å²) in [4.78, 5) is 42.7. The normalized spacial score (nSPS) is 9.31. The van der Waals surface area contributed by atoms with E-state index in [2.05, 4.69) is 10.6 Å². The van der Waals surface area contributed by atoms with Crippen LogP contribution in [-0.2, 0) is 9.59 Å². The van der Waals surface area contributed by atoms with Crippen molar-refractivity contribution < 1.29 is 29.4 Å². The fourth-order valence-corrected chi connectivity index (χ4v) is 1.94. The molecule has 0 bridgehead atoms. The molecule has 0 heterocycles. The van der Waals surface area contributed by atoms with Gasteiger partial charge in [-0.25, -0.2) is 9.59 Å². The lowest BCUT2D eigenvalue weighted by Gasteiger charge is -2.04. The van der Waals surface area contributed by atoms with Crippen LogP contribution in [0.3, 0.4) is 0 Å². The van der Waals surface area contributed by atoms with Crippen molar-refractivity contribution >= 4 is 35.1 Å². The zero-order valence-corrected chi connectivity index (χ0v) is 14.1. The molecule has 26 heavy (non-hydrogen) atoms. The van der Waals surface area contributed by atoms with Crippen molar-refractivity contribution in [3.8, 4) is 0 Å². The summed E-state index contributed by atoms with van der Waals surface area (Å²) in [5.41, 5.74) is 0.834. The molecule has 8 heteroatoms. The number of benzene rings is 2. The van der Waals surface area contributed by atoms with E-state index in [0.717, 1.165) is 0 Å². The molecule has 2 aromatic carbocycles. The minimum Gasteiger partial charge on any atom is -0.478 e. The zero-order chi connectivity index (χ0) is 19.7. The van der Waals surface area contributed by atoms with Gasteiger partial charge in [0.15, 0.2) is 0 Å². The topological polar surface area (TPSA) is 133 Å².